The van der Waals surface area contributed by atoms with Crippen LogP contribution >= 0.6 is 0 Å². The zero-order valence-electron chi connectivity index (χ0n) is 14.8. The second-order valence-electron chi connectivity index (χ2n) is 7.01. The van der Waals surface area contributed by atoms with Crippen LogP contribution in [0.5, 0.6) is 0 Å². The van der Waals surface area contributed by atoms with Crippen molar-refractivity contribution in [1.82, 2.24) is 19.4 Å². The first-order valence-corrected chi connectivity index (χ1v) is 10.2. The Morgan fingerprint density at radius 1 is 1.29 bits per heavy atom. The molecule has 0 aromatic carbocycles. The molecule has 0 radical (unpaired) electrons. The molecule has 1 atom stereocenters. The van der Waals surface area contributed by atoms with Crippen LogP contribution in [0.4, 0.5) is 0 Å². The minimum atomic E-state index is -3.60. The molecule has 1 unspecified atom stereocenters. The Hall–Kier alpha value is -0.960. The van der Waals surface area contributed by atoms with Gasteiger partial charge >= 0.3 is 0 Å². The van der Waals surface area contributed by atoms with Crippen LogP contribution in [-0.4, -0.2) is 61.0 Å². The van der Waals surface area contributed by atoms with Gasteiger partial charge in [-0.25, -0.2) is 13.1 Å². The summed E-state index contributed by atoms with van der Waals surface area (Å²) in [7, 11) is -1.93. The third-order valence-corrected chi connectivity index (χ3v) is 7.32. The molecule has 7 nitrogen and oxygen atoms in total. The number of rotatable bonds is 5. The van der Waals surface area contributed by atoms with Gasteiger partial charge in [-0.15, -0.1) is 0 Å². The lowest BCUT2D eigenvalue weighted by atomic mass is 9.87. The Labute approximate surface area is 144 Å². The van der Waals surface area contributed by atoms with Gasteiger partial charge in [0, 0.05) is 37.3 Å². The van der Waals surface area contributed by atoms with Crippen LogP contribution in [0.2, 0.25) is 0 Å². The van der Waals surface area contributed by atoms with E-state index < -0.39 is 10.0 Å². The summed E-state index contributed by atoms with van der Waals surface area (Å²) in [5, 5.41) is 4.32. The molecule has 3 rings (SSSR count). The van der Waals surface area contributed by atoms with E-state index in [1.165, 1.54) is 4.68 Å². The van der Waals surface area contributed by atoms with Gasteiger partial charge in [0.15, 0.2) is 5.03 Å². The van der Waals surface area contributed by atoms with Crippen LogP contribution in [0.15, 0.2) is 11.2 Å². The zero-order chi connectivity index (χ0) is 17.4. The van der Waals surface area contributed by atoms with E-state index in [4.69, 9.17) is 4.74 Å². The Kier molecular flexibility index (Phi) is 5.01. The van der Waals surface area contributed by atoms with Gasteiger partial charge in [-0.1, -0.05) is 12.8 Å². The highest BCUT2D eigenvalue weighted by Gasteiger charge is 2.46. The van der Waals surface area contributed by atoms with Crippen molar-refractivity contribution in [3.63, 3.8) is 0 Å². The van der Waals surface area contributed by atoms with E-state index in [1.807, 2.05) is 6.92 Å². The number of nitrogens with one attached hydrogen (secondary N) is 1. The highest BCUT2D eigenvalue weighted by atomic mass is 32.2. The summed E-state index contributed by atoms with van der Waals surface area (Å²) in [6.07, 6.45) is 5.94. The van der Waals surface area contributed by atoms with Gasteiger partial charge in [0.05, 0.1) is 19.4 Å². The maximum atomic E-state index is 12.9. The Morgan fingerprint density at radius 2 is 1.92 bits per heavy atom. The molecule has 8 heteroatoms. The number of aryl methyl sites for hydroxylation is 2. The first-order chi connectivity index (χ1) is 11.4. The number of aromatic nitrogens is 2. The molecule has 2 fully saturated rings. The Balaban J connectivity index is 1.85. The van der Waals surface area contributed by atoms with Crippen molar-refractivity contribution in [2.75, 3.05) is 26.3 Å². The molecule has 0 bridgehead atoms. The predicted molar refractivity (Wildman–Crippen MR) is 91.3 cm³/mol. The summed E-state index contributed by atoms with van der Waals surface area (Å²) in [4.78, 5) is 2.44. The highest BCUT2D eigenvalue weighted by molar-refractivity contribution is 7.89. The fourth-order valence-corrected chi connectivity index (χ4v) is 6.01. The number of ether oxygens (including phenoxy) is 1. The maximum absolute atomic E-state index is 12.9. The molecule has 2 aliphatic rings. The van der Waals surface area contributed by atoms with Crippen LogP contribution in [0.3, 0.4) is 0 Å². The topological polar surface area (TPSA) is 76.5 Å². The lowest BCUT2D eigenvalue weighted by molar-refractivity contribution is -0.0304. The maximum Gasteiger partial charge on any atom is 0.258 e. The quantitative estimate of drug-likeness (QED) is 0.853. The van der Waals surface area contributed by atoms with Crippen LogP contribution in [-0.2, 0) is 21.8 Å². The molecular formula is C16H28N4O3S. The minimum absolute atomic E-state index is 0.108. The highest BCUT2D eigenvalue weighted by Crippen LogP contribution is 2.39. The van der Waals surface area contributed by atoms with Crippen molar-refractivity contribution in [1.29, 1.82) is 0 Å². The van der Waals surface area contributed by atoms with E-state index in [0.717, 1.165) is 52.0 Å². The Bertz CT molecular complexity index is 654. The lowest BCUT2D eigenvalue weighted by Gasteiger charge is -2.47. The van der Waals surface area contributed by atoms with Gasteiger partial charge in [0.25, 0.3) is 10.0 Å². The standard InChI is InChI=1S/C16H28N4O3S/c1-13-12-17-19(3)15(13)24(21,22)18-14(2)16(6-4-5-7-16)20-8-10-23-11-9-20/h12,14,18H,4-11H2,1-3H3. The second-order valence-corrected chi connectivity index (χ2v) is 8.64. The van der Waals surface area contributed by atoms with Gasteiger partial charge in [-0.3, -0.25) is 9.58 Å². The number of nitrogens with zero attached hydrogens (tertiary/aromatic N) is 3. The number of sulfonamides is 1. The number of hydrogen-bond donors (Lipinski definition) is 1. The molecule has 1 aromatic rings. The molecule has 0 amide bonds. The second kappa shape index (κ2) is 6.74. The van der Waals surface area contributed by atoms with Gasteiger partial charge < -0.3 is 4.74 Å². The van der Waals surface area contributed by atoms with E-state index in [2.05, 4.69) is 14.7 Å². The summed E-state index contributed by atoms with van der Waals surface area (Å²) in [6.45, 7) is 6.97. The van der Waals surface area contributed by atoms with E-state index in [1.54, 1.807) is 20.2 Å². The smallest absolute Gasteiger partial charge is 0.258 e. The first-order valence-electron chi connectivity index (χ1n) is 8.70. The molecule has 1 saturated heterocycles. The fraction of sp³-hybridized carbons (Fsp3) is 0.812. The first kappa shape index (κ1) is 17.8. The van der Waals surface area contributed by atoms with Crippen molar-refractivity contribution in [3.8, 4) is 0 Å². The fourth-order valence-electron chi connectivity index (χ4n) is 4.34. The van der Waals surface area contributed by atoms with Crippen LogP contribution in [0.1, 0.15) is 38.2 Å². The number of morpholine rings is 1. The third kappa shape index (κ3) is 3.12. The summed E-state index contributed by atoms with van der Waals surface area (Å²) in [5.74, 6) is 0. The number of hydrogen-bond acceptors (Lipinski definition) is 5. The van der Waals surface area contributed by atoms with E-state index in [9.17, 15) is 8.42 Å². The average Bonchev–Trinajstić information content (AvgIpc) is 3.16. The summed E-state index contributed by atoms with van der Waals surface area (Å²) in [6, 6.07) is -0.155. The Morgan fingerprint density at radius 3 is 2.46 bits per heavy atom. The third-order valence-electron chi connectivity index (χ3n) is 5.56. The average molecular weight is 356 g/mol. The van der Waals surface area contributed by atoms with Crippen LogP contribution in [0, 0.1) is 6.92 Å². The molecule has 1 aliphatic heterocycles. The molecule has 24 heavy (non-hydrogen) atoms. The molecule has 0 spiro atoms. The van der Waals surface area contributed by atoms with Gasteiger partial charge in [-0.2, -0.15) is 5.10 Å². The predicted octanol–water partition coefficient (Wildman–Crippen LogP) is 1.04. The molecule has 1 aliphatic carbocycles. The van der Waals surface area contributed by atoms with Gasteiger partial charge in [0.1, 0.15) is 0 Å². The molecule has 1 saturated carbocycles. The van der Waals surface area contributed by atoms with Crippen molar-refractivity contribution in [2.45, 2.75) is 56.1 Å². The summed E-state index contributed by atoms with van der Waals surface area (Å²) in [5.41, 5.74) is 0.563. The molecule has 1 aromatic heterocycles. The van der Waals surface area contributed by atoms with Gasteiger partial charge in [0.2, 0.25) is 0 Å². The SMILES string of the molecule is Cc1cnn(C)c1S(=O)(=O)NC(C)C1(N2CCOCC2)CCCC1. The van der Waals surface area contributed by atoms with Crippen molar-refractivity contribution < 1.29 is 13.2 Å². The van der Waals surface area contributed by atoms with E-state index >= 15 is 0 Å². The monoisotopic (exact) mass is 356 g/mol. The minimum Gasteiger partial charge on any atom is -0.379 e. The van der Waals surface area contributed by atoms with Crippen LogP contribution < -0.4 is 4.72 Å². The van der Waals surface area contributed by atoms with E-state index in [0.29, 0.717) is 5.56 Å². The van der Waals surface area contributed by atoms with Crippen LogP contribution in [0.25, 0.3) is 0 Å². The molecular weight excluding hydrogens is 328 g/mol. The van der Waals surface area contributed by atoms with Gasteiger partial charge in [-0.05, 0) is 26.7 Å². The summed E-state index contributed by atoms with van der Waals surface area (Å²) < 4.78 is 35.7. The van der Waals surface area contributed by atoms with Crippen molar-refractivity contribution >= 4 is 10.0 Å². The van der Waals surface area contributed by atoms with E-state index in [-0.39, 0.29) is 16.6 Å². The zero-order valence-corrected chi connectivity index (χ0v) is 15.6. The molecule has 2 heterocycles. The lowest BCUT2D eigenvalue weighted by Crippen LogP contribution is -2.62. The molecule has 136 valence electrons. The van der Waals surface area contributed by atoms with Crippen molar-refractivity contribution in [3.05, 3.63) is 11.8 Å². The largest absolute Gasteiger partial charge is 0.379 e. The normalized spacial score (nSPS) is 23.5. The summed E-state index contributed by atoms with van der Waals surface area (Å²) >= 11 is 0. The molecule has 1 N–H and O–H groups in total. The van der Waals surface area contributed by atoms with Crippen molar-refractivity contribution in [2.24, 2.45) is 7.05 Å².